The number of likely N-dealkylation sites (N-methyl/N-ethyl adjacent to an activating group) is 1. The van der Waals surface area contributed by atoms with Crippen LogP contribution in [0.1, 0.15) is 57.4 Å². The molecular weight excluding hydrogens is 628 g/mol. The highest BCUT2D eigenvalue weighted by Crippen LogP contribution is 2.48. The first kappa shape index (κ1) is 32.2. The summed E-state index contributed by atoms with van der Waals surface area (Å²) < 4.78 is 24.6. The molecule has 0 saturated carbocycles. The van der Waals surface area contributed by atoms with Crippen LogP contribution in [-0.4, -0.2) is 61.1 Å². The number of rotatable bonds is 4. The fourth-order valence-corrected chi connectivity index (χ4v) is 7.74. The standard InChI is InChI=1S/C39H41ClN2O6/c1-23-38-27-13-16-42(37(44)11-14-40)31(38)17-24-5-8-28(9-6-24)47-35-19-25(7-10-33(35)45-3)18-30-29-22-32(43)34(20-26(29)12-15-41(30)2)48-39(23)36(21-27)46-4/h5-10,19-22,30-31,43H,11-18H2,1-4H3/t30-,31-/m0/s1. The number of carbonyl (C=O) groups excluding carboxylic acids is 1. The summed E-state index contributed by atoms with van der Waals surface area (Å²) in [5, 5.41) is 11.5. The monoisotopic (exact) mass is 668 g/mol. The van der Waals surface area contributed by atoms with Crippen molar-refractivity contribution < 1.29 is 28.8 Å². The molecule has 48 heavy (non-hydrogen) atoms. The van der Waals surface area contributed by atoms with Gasteiger partial charge in [-0.3, -0.25) is 9.69 Å². The summed E-state index contributed by atoms with van der Waals surface area (Å²) in [5.74, 6) is 3.84. The zero-order valence-corrected chi connectivity index (χ0v) is 28.6. The molecule has 0 unspecified atom stereocenters. The fourth-order valence-electron chi connectivity index (χ4n) is 7.58. The highest BCUT2D eigenvalue weighted by atomic mass is 35.5. The minimum Gasteiger partial charge on any atom is -0.504 e. The number of phenols is 1. The molecule has 4 aromatic rings. The van der Waals surface area contributed by atoms with Crippen LogP contribution in [0.3, 0.4) is 0 Å². The maximum atomic E-state index is 13.5. The summed E-state index contributed by atoms with van der Waals surface area (Å²) in [6.45, 7) is 3.46. The number of halogens is 1. The van der Waals surface area contributed by atoms with Crippen LogP contribution in [0, 0.1) is 6.92 Å². The Bertz CT molecular complexity index is 1860. The molecule has 2 atom stereocenters. The molecule has 0 radical (unpaired) electrons. The van der Waals surface area contributed by atoms with Crippen molar-refractivity contribution in [1.29, 1.82) is 0 Å². The van der Waals surface area contributed by atoms with Gasteiger partial charge in [-0.05, 0) is 115 Å². The van der Waals surface area contributed by atoms with Crippen molar-refractivity contribution >= 4 is 17.5 Å². The molecule has 6 heterocycles. The van der Waals surface area contributed by atoms with Crippen LogP contribution in [0.25, 0.3) is 0 Å². The normalized spacial score (nSPS) is 18.6. The molecule has 8 nitrogen and oxygen atoms in total. The number of carbonyl (C=O) groups is 1. The lowest BCUT2D eigenvalue weighted by molar-refractivity contribution is -0.133. The SMILES string of the molecule is COc1ccc2cc1Oc1ccc(cc1)C[C@H]1c3c(cc(OC)c(c3C)Oc3cc4c(cc3O)[C@H](C2)N(C)CC4)CCN1C(=O)CCCl. The lowest BCUT2D eigenvalue weighted by Gasteiger charge is -2.39. The molecule has 10 rings (SSSR count). The van der Waals surface area contributed by atoms with Crippen molar-refractivity contribution in [2.45, 2.75) is 51.1 Å². The molecular formula is C39H41ClN2O6. The molecule has 1 N–H and O–H groups in total. The van der Waals surface area contributed by atoms with Gasteiger partial charge < -0.3 is 29.0 Å². The predicted octanol–water partition coefficient (Wildman–Crippen LogP) is 7.68. The van der Waals surface area contributed by atoms with E-state index in [1.54, 1.807) is 14.2 Å². The number of benzene rings is 4. The third-order valence-electron chi connectivity index (χ3n) is 10.1. The van der Waals surface area contributed by atoms with Gasteiger partial charge in [0, 0.05) is 37.0 Å². The van der Waals surface area contributed by atoms with E-state index in [1.807, 2.05) is 54.3 Å². The molecule has 9 heteroatoms. The second-order valence-electron chi connectivity index (χ2n) is 12.9. The number of aromatic hydroxyl groups is 1. The van der Waals surface area contributed by atoms with Crippen molar-refractivity contribution in [2.24, 2.45) is 0 Å². The van der Waals surface area contributed by atoms with Gasteiger partial charge in [0.2, 0.25) is 5.91 Å². The Labute approximate surface area is 286 Å². The van der Waals surface area contributed by atoms with E-state index in [1.165, 1.54) is 0 Å². The Balaban J connectivity index is 1.41. The van der Waals surface area contributed by atoms with Gasteiger partial charge in [-0.2, -0.15) is 0 Å². The maximum absolute atomic E-state index is 13.5. The Morgan fingerprint density at radius 3 is 2.35 bits per heavy atom. The fraction of sp³-hybridized carbons (Fsp3) is 0.359. The van der Waals surface area contributed by atoms with Gasteiger partial charge in [0.05, 0.1) is 20.3 Å². The molecule has 10 bridgehead atoms. The van der Waals surface area contributed by atoms with Gasteiger partial charge in [-0.15, -0.1) is 11.6 Å². The van der Waals surface area contributed by atoms with Crippen molar-refractivity contribution in [3.8, 4) is 40.2 Å². The highest BCUT2D eigenvalue weighted by molar-refractivity contribution is 6.18. The van der Waals surface area contributed by atoms with Gasteiger partial charge in [0.15, 0.2) is 34.5 Å². The van der Waals surface area contributed by atoms with E-state index in [9.17, 15) is 9.90 Å². The third-order valence-corrected chi connectivity index (χ3v) is 10.3. The molecule has 0 aromatic heterocycles. The summed E-state index contributed by atoms with van der Waals surface area (Å²) in [6.07, 6.45) is 3.08. The lowest BCUT2D eigenvalue weighted by Crippen LogP contribution is -2.41. The molecule has 0 saturated heterocycles. The number of alkyl halides is 1. The predicted molar refractivity (Wildman–Crippen MR) is 185 cm³/mol. The van der Waals surface area contributed by atoms with Crippen LogP contribution >= 0.6 is 11.6 Å². The molecule has 6 aliphatic heterocycles. The van der Waals surface area contributed by atoms with Gasteiger partial charge >= 0.3 is 0 Å². The van der Waals surface area contributed by atoms with E-state index < -0.39 is 0 Å². The first-order valence-electron chi connectivity index (χ1n) is 16.5. The lowest BCUT2D eigenvalue weighted by atomic mass is 9.84. The number of nitrogens with zero attached hydrogens (tertiary/aromatic N) is 2. The highest BCUT2D eigenvalue weighted by Gasteiger charge is 2.35. The van der Waals surface area contributed by atoms with E-state index in [0.717, 1.165) is 58.3 Å². The quantitative estimate of drug-likeness (QED) is 0.223. The van der Waals surface area contributed by atoms with Crippen molar-refractivity contribution in [2.75, 3.05) is 40.2 Å². The molecule has 250 valence electrons. The molecule has 0 aliphatic carbocycles. The number of hydrogen-bond donors (Lipinski definition) is 1. The Hall–Kier alpha value is -4.40. The Morgan fingerprint density at radius 2 is 1.60 bits per heavy atom. The van der Waals surface area contributed by atoms with E-state index in [2.05, 4.69) is 30.1 Å². The zero-order chi connectivity index (χ0) is 33.5. The summed E-state index contributed by atoms with van der Waals surface area (Å²) in [6, 6.07) is 19.7. The largest absolute Gasteiger partial charge is 0.504 e. The smallest absolute Gasteiger partial charge is 0.224 e. The maximum Gasteiger partial charge on any atom is 0.224 e. The summed E-state index contributed by atoms with van der Waals surface area (Å²) in [5.41, 5.74) is 7.39. The van der Waals surface area contributed by atoms with Crippen LogP contribution in [0.5, 0.6) is 40.2 Å². The minimum absolute atomic E-state index is 0.0200. The van der Waals surface area contributed by atoms with Gasteiger partial charge in [-0.25, -0.2) is 0 Å². The van der Waals surface area contributed by atoms with Crippen molar-refractivity contribution in [1.82, 2.24) is 9.80 Å². The summed E-state index contributed by atoms with van der Waals surface area (Å²) in [4.78, 5) is 17.8. The average molecular weight is 669 g/mol. The summed E-state index contributed by atoms with van der Waals surface area (Å²) >= 11 is 6.07. The second kappa shape index (κ2) is 13.2. The van der Waals surface area contributed by atoms with Crippen LogP contribution in [-0.2, 0) is 30.5 Å². The molecule has 6 aliphatic rings. The first-order chi connectivity index (χ1) is 23.3. The van der Waals surface area contributed by atoms with E-state index in [0.29, 0.717) is 53.9 Å². The van der Waals surface area contributed by atoms with E-state index >= 15 is 0 Å². The number of phenolic OH excluding ortho intramolecular Hbond substituents is 1. The number of amides is 1. The van der Waals surface area contributed by atoms with Gasteiger partial charge in [0.1, 0.15) is 5.75 Å². The molecule has 1 amide bonds. The Morgan fingerprint density at radius 1 is 0.875 bits per heavy atom. The second-order valence-corrected chi connectivity index (χ2v) is 13.3. The van der Waals surface area contributed by atoms with Crippen LogP contribution in [0.2, 0.25) is 0 Å². The topological polar surface area (TPSA) is 80.7 Å². The van der Waals surface area contributed by atoms with E-state index in [-0.39, 0.29) is 36.0 Å². The van der Waals surface area contributed by atoms with Gasteiger partial charge in [-0.1, -0.05) is 18.2 Å². The van der Waals surface area contributed by atoms with Crippen LogP contribution < -0.4 is 18.9 Å². The average Bonchev–Trinajstić information content (AvgIpc) is 3.08. The van der Waals surface area contributed by atoms with Crippen molar-refractivity contribution in [3.63, 3.8) is 0 Å². The summed E-state index contributed by atoms with van der Waals surface area (Å²) in [7, 11) is 5.40. The number of methoxy groups -OCH3 is 2. The minimum atomic E-state index is -0.250. The molecule has 4 aromatic carbocycles. The van der Waals surface area contributed by atoms with Crippen LogP contribution in [0.4, 0.5) is 0 Å². The molecule has 0 fully saturated rings. The first-order valence-corrected chi connectivity index (χ1v) is 17.0. The molecule has 0 spiro atoms. The van der Waals surface area contributed by atoms with E-state index in [4.69, 9.17) is 30.5 Å². The van der Waals surface area contributed by atoms with Crippen molar-refractivity contribution in [3.05, 3.63) is 99.6 Å². The third kappa shape index (κ3) is 5.92. The number of ether oxygens (including phenoxy) is 4. The number of hydrogen-bond acceptors (Lipinski definition) is 7. The Kier molecular flexibility index (Phi) is 8.88. The zero-order valence-electron chi connectivity index (χ0n) is 27.8. The van der Waals surface area contributed by atoms with Gasteiger partial charge in [0.25, 0.3) is 0 Å². The van der Waals surface area contributed by atoms with Crippen LogP contribution in [0.15, 0.2) is 60.7 Å².